The summed E-state index contributed by atoms with van der Waals surface area (Å²) in [6.45, 7) is 2.27. The number of primary amides is 1. The van der Waals surface area contributed by atoms with Crippen molar-refractivity contribution < 1.29 is 4.79 Å². The van der Waals surface area contributed by atoms with Crippen molar-refractivity contribution in [3.05, 3.63) is 24.3 Å². The summed E-state index contributed by atoms with van der Waals surface area (Å²) in [7, 11) is 0. The van der Waals surface area contributed by atoms with E-state index in [2.05, 4.69) is 13.0 Å². The highest BCUT2D eigenvalue weighted by Crippen LogP contribution is 2.11. The van der Waals surface area contributed by atoms with Gasteiger partial charge in [-0.05, 0) is 12.8 Å². The minimum absolute atomic E-state index is 0.385. The number of carbonyl (C=O) groups is 1. The number of amides is 1. The van der Waals surface area contributed by atoms with Gasteiger partial charge in [0.05, 0.1) is 0 Å². The van der Waals surface area contributed by atoms with E-state index >= 15 is 0 Å². The fourth-order valence-corrected chi connectivity index (χ4v) is 2.25. The maximum Gasteiger partial charge on any atom is 0.241 e. The standard InChI is InChI=1S/C18H33NO/c1-2-3-4-5-6-7-8-9-10-11-12-13-14-15-16-17-18(19)20/h14-17H,2-13H2,1H3,(H2,19,20)/b15-14?,17-16+. The van der Waals surface area contributed by atoms with Crippen LogP contribution in [0.4, 0.5) is 0 Å². The van der Waals surface area contributed by atoms with E-state index in [9.17, 15) is 4.79 Å². The minimum atomic E-state index is -0.385. The topological polar surface area (TPSA) is 43.1 Å². The van der Waals surface area contributed by atoms with Gasteiger partial charge in [0.1, 0.15) is 0 Å². The van der Waals surface area contributed by atoms with Crippen LogP contribution in [0.25, 0.3) is 0 Å². The molecule has 0 unspecified atom stereocenters. The van der Waals surface area contributed by atoms with Crippen LogP contribution in [0.5, 0.6) is 0 Å². The van der Waals surface area contributed by atoms with Gasteiger partial charge in [0.25, 0.3) is 0 Å². The molecule has 0 atom stereocenters. The molecule has 0 heterocycles. The summed E-state index contributed by atoms with van der Waals surface area (Å²) < 4.78 is 0. The van der Waals surface area contributed by atoms with Crippen LogP contribution in [0.3, 0.4) is 0 Å². The van der Waals surface area contributed by atoms with Gasteiger partial charge in [-0.15, -0.1) is 0 Å². The summed E-state index contributed by atoms with van der Waals surface area (Å²) in [5, 5.41) is 0. The fourth-order valence-electron chi connectivity index (χ4n) is 2.25. The Morgan fingerprint density at radius 1 is 0.800 bits per heavy atom. The first-order chi connectivity index (χ1) is 9.77. The fraction of sp³-hybridized carbons (Fsp3) is 0.722. The van der Waals surface area contributed by atoms with E-state index in [0.717, 1.165) is 6.42 Å². The lowest BCUT2D eigenvalue weighted by molar-refractivity contribution is -0.113. The van der Waals surface area contributed by atoms with Gasteiger partial charge in [0, 0.05) is 6.08 Å². The van der Waals surface area contributed by atoms with E-state index in [1.165, 1.54) is 76.7 Å². The molecule has 1 amide bonds. The molecule has 20 heavy (non-hydrogen) atoms. The summed E-state index contributed by atoms with van der Waals surface area (Å²) >= 11 is 0. The van der Waals surface area contributed by atoms with Crippen LogP contribution in [0.2, 0.25) is 0 Å². The average molecular weight is 279 g/mol. The lowest BCUT2D eigenvalue weighted by Crippen LogP contribution is -2.04. The van der Waals surface area contributed by atoms with Gasteiger partial charge in [-0.3, -0.25) is 4.79 Å². The summed E-state index contributed by atoms with van der Waals surface area (Å²) in [5.74, 6) is -0.385. The van der Waals surface area contributed by atoms with Crippen molar-refractivity contribution in [2.24, 2.45) is 5.73 Å². The number of unbranched alkanes of at least 4 members (excludes halogenated alkanes) is 11. The molecule has 2 heteroatoms. The highest BCUT2D eigenvalue weighted by molar-refractivity contribution is 5.85. The van der Waals surface area contributed by atoms with Crippen LogP contribution in [0.1, 0.15) is 84.0 Å². The Morgan fingerprint density at radius 2 is 1.30 bits per heavy atom. The lowest BCUT2D eigenvalue weighted by atomic mass is 10.1. The first kappa shape index (κ1) is 18.9. The Kier molecular flexibility index (Phi) is 15.2. The molecule has 0 aromatic carbocycles. The highest BCUT2D eigenvalue weighted by Gasteiger charge is 1.92. The number of nitrogens with two attached hydrogens (primary N) is 1. The van der Waals surface area contributed by atoms with Crippen molar-refractivity contribution in [2.75, 3.05) is 0 Å². The Hall–Kier alpha value is -1.05. The Labute approximate surface area is 125 Å². The normalized spacial score (nSPS) is 11.7. The van der Waals surface area contributed by atoms with E-state index in [-0.39, 0.29) is 5.91 Å². The molecular formula is C18H33NO. The molecule has 2 N–H and O–H groups in total. The van der Waals surface area contributed by atoms with Crippen LogP contribution in [0.15, 0.2) is 24.3 Å². The quantitative estimate of drug-likeness (QED) is 0.262. The van der Waals surface area contributed by atoms with Gasteiger partial charge >= 0.3 is 0 Å². The summed E-state index contributed by atoms with van der Waals surface area (Å²) in [4.78, 5) is 10.4. The van der Waals surface area contributed by atoms with E-state index in [4.69, 9.17) is 5.73 Å². The maximum atomic E-state index is 10.4. The molecular weight excluding hydrogens is 246 g/mol. The SMILES string of the molecule is CCCCCCCCCCCCCC=C/C=C/C(N)=O. The van der Waals surface area contributed by atoms with Crippen LogP contribution in [0, 0.1) is 0 Å². The van der Waals surface area contributed by atoms with Crippen molar-refractivity contribution in [1.29, 1.82) is 0 Å². The maximum absolute atomic E-state index is 10.4. The molecule has 0 aromatic rings. The first-order valence-electron chi connectivity index (χ1n) is 8.40. The zero-order chi connectivity index (χ0) is 14.9. The molecule has 0 fully saturated rings. The molecule has 0 rings (SSSR count). The van der Waals surface area contributed by atoms with Crippen LogP contribution >= 0.6 is 0 Å². The van der Waals surface area contributed by atoms with E-state index in [1.807, 2.05) is 6.08 Å². The van der Waals surface area contributed by atoms with Gasteiger partial charge < -0.3 is 5.73 Å². The minimum Gasteiger partial charge on any atom is -0.366 e. The van der Waals surface area contributed by atoms with Gasteiger partial charge in [0.2, 0.25) is 5.91 Å². The number of hydrogen-bond acceptors (Lipinski definition) is 1. The molecule has 0 bridgehead atoms. The van der Waals surface area contributed by atoms with Crippen LogP contribution in [-0.2, 0) is 4.79 Å². The van der Waals surface area contributed by atoms with Crippen molar-refractivity contribution in [1.82, 2.24) is 0 Å². The zero-order valence-corrected chi connectivity index (χ0v) is 13.3. The van der Waals surface area contributed by atoms with Crippen molar-refractivity contribution in [2.45, 2.75) is 84.0 Å². The molecule has 0 aliphatic carbocycles. The third kappa shape index (κ3) is 16.9. The number of rotatable bonds is 14. The van der Waals surface area contributed by atoms with Gasteiger partial charge in [-0.25, -0.2) is 0 Å². The zero-order valence-electron chi connectivity index (χ0n) is 13.3. The Morgan fingerprint density at radius 3 is 1.80 bits per heavy atom. The third-order valence-corrected chi connectivity index (χ3v) is 3.48. The predicted octanol–water partition coefficient (Wildman–Crippen LogP) is 5.29. The molecule has 0 saturated heterocycles. The van der Waals surface area contributed by atoms with E-state index < -0.39 is 0 Å². The second kappa shape index (κ2) is 16.0. The molecule has 0 aliphatic heterocycles. The monoisotopic (exact) mass is 279 g/mol. The largest absolute Gasteiger partial charge is 0.366 e. The molecule has 0 spiro atoms. The predicted molar refractivity (Wildman–Crippen MR) is 88.6 cm³/mol. The molecule has 116 valence electrons. The highest BCUT2D eigenvalue weighted by atomic mass is 16.1. The number of hydrogen-bond donors (Lipinski definition) is 1. The van der Waals surface area contributed by atoms with Gasteiger partial charge in [0.15, 0.2) is 0 Å². The Balaban J connectivity index is 3.11. The molecule has 0 aliphatic rings. The van der Waals surface area contributed by atoms with E-state index in [1.54, 1.807) is 6.08 Å². The van der Waals surface area contributed by atoms with Crippen molar-refractivity contribution in [3.8, 4) is 0 Å². The summed E-state index contributed by atoms with van der Waals surface area (Å²) in [6.07, 6.45) is 23.4. The second-order valence-electron chi connectivity index (χ2n) is 5.51. The lowest BCUT2D eigenvalue weighted by Gasteiger charge is -2.01. The summed E-state index contributed by atoms with van der Waals surface area (Å²) in [5.41, 5.74) is 4.99. The molecule has 0 radical (unpaired) electrons. The first-order valence-corrected chi connectivity index (χ1v) is 8.40. The molecule has 0 aromatic heterocycles. The smallest absolute Gasteiger partial charge is 0.241 e. The third-order valence-electron chi connectivity index (χ3n) is 3.48. The van der Waals surface area contributed by atoms with Crippen molar-refractivity contribution >= 4 is 5.91 Å². The van der Waals surface area contributed by atoms with Gasteiger partial charge in [-0.2, -0.15) is 0 Å². The van der Waals surface area contributed by atoms with Crippen LogP contribution in [-0.4, -0.2) is 5.91 Å². The number of allylic oxidation sites excluding steroid dienone is 3. The van der Waals surface area contributed by atoms with Gasteiger partial charge in [-0.1, -0.05) is 89.4 Å². The van der Waals surface area contributed by atoms with Crippen molar-refractivity contribution in [3.63, 3.8) is 0 Å². The second-order valence-corrected chi connectivity index (χ2v) is 5.51. The number of carbonyl (C=O) groups excluding carboxylic acids is 1. The Bertz CT molecular complexity index is 269. The molecule has 0 saturated carbocycles. The average Bonchev–Trinajstić information content (AvgIpc) is 2.43. The van der Waals surface area contributed by atoms with E-state index in [0.29, 0.717) is 0 Å². The summed E-state index contributed by atoms with van der Waals surface area (Å²) in [6, 6.07) is 0. The molecule has 2 nitrogen and oxygen atoms in total. The van der Waals surface area contributed by atoms with Crippen LogP contribution < -0.4 is 5.73 Å².